The van der Waals surface area contributed by atoms with Gasteiger partial charge >= 0.3 is 0 Å². The predicted molar refractivity (Wildman–Crippen MR) is 107 cm³/mol. The molecule has 5 rings (SSSR count). The zero-order valence-electron chi connectivity index (χ0n) is 15.0. The van der Waals surface area contributed by atoms with Crippen LogP contribution in [0.15, 0.2) is 52.7 Å². The van der Waals surface area contributed by atoms with Gasteiger partial charge in [0.2, 0.25) is 0 Å². The molecule has 2 aromatic carbocycles. The maximum absolute atomic E-state index is 11.9. The van der Waals surface area contributed by atoms with Crippen molar-refractivity contribution >= 4 is 39.9 Å². The Balaban J connectivity index is 1.32. The zero-order chi connectivity index (χ0) is 19.1. The van der Waals surface area contributed by atoms with Gasteiger partial charge in [0.1, 0.15) is 5.82 Å². The number of halogens is 1. The lowest BCUT2D eigenvalue weighted by atomic mass is 10.1. The van der Waals surface area contributed by atoms with Crippen LogP contribution in [0.2, 0.25) is 5.02 Å². The summed E-state index contributed by atoms with van der Waals surface area (Å²) in [6.07, 6.45) is 0. The molecule has 1 amide bonds. The fourth-order valence-corrected chi connectivity index (χ4v) is 3.82. The summed E-state index contributed by atoms with van der Waals surface area (Å²) in [5.41, 5.74) is 2.45. The number of rotatable bonds is 3. The molecule has 3 aromatic rings. The second kappa shape index (κ2) is 6.92. The number of hydrogen-bond donors (Lipinski definition) is 0. The first-order chi connectivity index (χ1) is 13.7. The van der Waals surface area contributed by atoms with Crippen LogP contribution in [0.5, 0.6) is 0 Å². The standard InChI is InChI=1S/C20H17ClN6O/c21-13-4-6-14(7-5-13)27-10-8-26(9-11-27)12-17-22-16-3-1-2-15-18(16)19(23-17)24-25-20(15)28/h1-7H,8-12H2. The molecule has 2 aliphatic heterocycles. The van der Waals surface area contributed by atoms with Crippen LogP contribution in [0.3, 0.4) is 0 Å². The smallest absolute Gasteiger partial charge is 0.296 e. The average molecular weight is 393 g/mol. The molecule has 0 unspecified atom stereocenters. The van der Waals surface area contributed by atoms with Gasteiger partial charge in [0.25, 0.3) is 5.91 Å². The lowest BCUT2D eigenvalue weighted by Crippen LogP contribution is -2.46. The van der Waals surface area contributed by atoms with E-state index in [1.54, 1.807) is 6.07 Å². The van der Waals surface area contributed by atoms with E-state index in [9.17, 15) is 4.79 Å². The van der Waals surface area contributed by atoms with Gasteiger partial charge in [-0.2, -0.15) is 0 Å². The van der Waals surface area contributed by atoms with Gasteiger partial charge in [-0.15, -0.1) is 10.2 Å². The Morgan fingerprint density at radius 3 is 2.50 bits per heavy atom. The predicted octanol–water partition coefficient (Wildman–Crippen LogP) is 3.84. The number of carbonyl (C=O) groups is 1. The number of hydrogen-bond acceptors (Lipinski definition) is 6. The van der Waals surface area contributed by atoms with Crippen LogP contribution in [0, 0.1) is 0 Å². The molecular formula is C20H17ClN6O. The summed E-state index contributed by atoms with van der Waals surface area (Å²) >= 11 is 5.98. The van der Waals surface area contributed by atoms with Crippen molar-refractivity contribution in [2.45, 2.75) is 6.54 Å². The molecule has 0 aliphatic carbocycles. The maximum Gasteiger partial charge on any atom is 0.296 e. The fraction of sp³-hybridized carbons (Fsp3) is 0.250. The van der Waals surface area contributed by atoms with Gasteiger partial charge in [-0.25, -0.2) is 9.97 Å². The van der Waals surface area contributed by atoms with Gasteiger partial charge in [-0.05, 0) is 36.4 Å². The molecule has 8 heteroatoms. The Morgan fingerprint density at radius 2 is 1.71 bits per heavy atom. The molecular weight excluding hydrogens is 376 g/mol. The largest absolute Gasteiger partial charge is 0.369 e. The quantitative estimate of drug-likeness (QED) is 0.677. The van der Waals surface area contributed by atoms with Crippen molar-refractivity contribution in [3.05, 3.63) is 58.9 Å². The summed E-state index contributed by atoms with van der Waals surface area (Å²) in [5, 5.41) is 9.14. The number of benzene rings is 2. The SMILES string of the molecule is O=C1N=Nc2nc(CN3CCN(c4ccc(Cl)cc4)CC3)nc3cccc1c23. The molecule has 1 fully saturated rings. The monoisotopic (exact) mass is 392 g/mol. The summed E-state index contributed by atoms with van der Waals surface area (Å²) in [6.45, 7) is 4.34. The van der Waals surface area contributed by atoms with Gasteiger partial charge in [-0.3, -0.25) is 9.69 Å². The van der Waals surface area contributed by atoms with Crippen LogP contribution >= 0.6 is 11.6 Å². The highest BCUT2D eigenvalue weighted by molar-refractivity contribution is 6.30. The molecule has 3 heterocycles. The molecule has 7 nitrogen and oxygen atoms in total. The van der Waals surface area contributed by atoms with Crippen molar-refractivity contribution in [1.82, 2.24) is 14.9 Å². The first kappa shape index (κ1) is 17.2. The highest BCUT2D eigenvalue weighted by Crippen LogP contribution is 2.31. The minimum absolute atomic E-state index is 0.340. The summed E-state index contributed by atoms with van der Waals surface area (Å²) in [5.74, 6) is 0.843. The maximum atomic E-state index is 11.9. The van der Waals surface area contributed by atoms with Crippen LogP contribution in [0.1, 0.15) is 16.2 Å². The van der Waals surface area contributed by atoms with E-state index in [1.165, 1.54) is 5.69 Å². The van der Waals surface area contributed by atoms with Gasteiger partial charge in [0, 0.05) is 36.9 Å². The van der Waals surface area contributed by atoms with Gasteiger partial charge in [0.05, 0.1) is 23.0 Å². The van der Waals surface area contributed by atoms with Crippen LogP contribution in [0.25, 0.3) is 10.9 Å². The van der Waals surface area contributed by atoms with Crippen LogP contribution < -0.4 is 4.90 Å². The van der Waals surface area contributed by atoms with Gasteiger partial charge in [0.15, 0.2) is 5.82 Å². The molecule has 0 spiro atoms. The van der Waals surface area contributed by atoms with Crippen LogP contribution in [-0.2, 0) is 6.54 Å². The molecule has 1 aromatic heterocycles. The summed E-state index contributed by atoms with van der Waals surface area (Å²) in [4.78, 5) is 25.8. The van der Waals surface area contributed by atoms with E-state index in [0.717, 1.165) is 36.7 Å². The number of aromatic nitrogens is 2. The zero-order valence-corrected chi connectivity index (χ0v) is 15.8. The Morgan fingerprint density at radius 1 is 0.929 bits per heavy atom. The first-order valence-electron chi connectivity index (χ1n) is 9.16. The van der Waals surface area contributed by atoms with E-state index in [4.69, 9.17) is 11.6 Å². The number of azo groups is 1. The van der Waals surface area contributed by atoms with Crippen molar-refractivity contribution in [3.8, 4) is 0 Å². The van der Waals surface area contributed by atoms with E-state index in [1.807, 2.05) is 24.3 Å². The number of piperazine rings is 1. The summed E-state index contributed by atoms with van der Waals surface area (Å²) < 4.78 is 0. The summed E-state index contributed by atoms with van der Waals surface area (Å²) in [7, 11) is 0. The van der Waals surface area contributed by atoms with Crippen LogP contribution in [-0.4, -0.2) is 47.0 Å². The molecule has 2 aliphatic rings. The van der Waals surface area contributed by atoms with Gasteiger partial charge in [-0.1, -0.05) is 17.7 Å². The third kappa shape index (κ3) is 3.12. The Bertz CT molecular complexity index is 1090. The minimum atomic E-state index is -0.340. The molecule has 1 saturated heterocycles. The molecule has 0 atom stereocenters. The topological polar surface area (TPSA) is 74.1 Å². The molecule has 28 heavy (non-hydrogen) atoms. The Labute approximate surface area is 166 Å². The lowest BCUT2D eigenvalue weighted by Gasteiger charge is -2.35. The third-order valence-corrected chi connectivity index (χ3v) is 5.40. The molecule has 0 radical (unpaired) electrons. The number of anilines is 1. The summed E-state index contributed by atoms with van der Waals surface area (Å²) in [6, 6.07) is 13.4. The van der Waals surface area contributed by atoms with Crippen molar-refractivity contribution in [3.63, 3.8) is 0 Å². The Hall–Kier alpha value is -2.90. The minimum Gasteiger partial charge on any atom is -0.369 e. The third-order valence-electron chi connectivity index (χ3n) is 5.15. The van der Waals surface area contributed by atoms with Crippen LogP contribution in [0.4, 0.5) is 11.5 Å². The lowest BCUT2D eigenvalue weighted by molar-refractivity contribution is 0.0995. The van der Waals surface area contributed by atoms with E-state index < -0.39 is 0 Å². The molecule has 140 valence electrons. The number of carbonyl (C=O) groups excluding carboxylic acids is 1. The van der Waals surface area contributed by atoms with E-state index >= 15 is 0 Å². The highest BCUT2D eigenvalue weighted by Gasteiger charge is 2.22. The van der Waals surface area contributed by atoms with Crippen molar-refractivity contribution < 1.29 is 4.79 Å². The van der Waals surface area contributed by atoms with Gasteiger partial charge < -0.3 is 4.90 Å². The van der Waals surface area contributed by atoms with Crippen molar-refractivity contribution in [2.75, 3.05) is 31.1 Å². The number of nitrogens with zero attached hydrogens (tertiary/aromatic N) is 6. The second-order valence-electron chi connectivity index (χ2n) is 6.91. The second-order valence-corrected chi connectivity index (χ2v) is 7.34. The molecule has 0 saturated carbocycles. The van der Waals surface area contributed by atoms with E-state index in [-0.39, 0.29) is 5.91 Å². The molecule has 0 bridgehead atoms. The highest BCUT2D eigenvalue weighted by atomic mass is 35.5. The normalized spacial score (nSPS) is 16.8. The molecule has 0 N–H and O–H groups in total. The van der Waals surface area contributed by atoms with Crippen molar-refractivity contribution in [2.24, 2.45) is 10.2 Å². The number of amides is 1. The first-order valence-corrected chi connectivity index (χ1v) is 9.54. The average Bonchev–Trinajstić information content (AvgIpc) is 2.72. The Kier molecular flexibility index (Phi) is 4.26. The van der Waals surface area contributed by atoms with E-state index in [0.29, 0.717) is 29.1 Å². The van der Waals surface area contributed by atoms with E-state index in [2.05, 4.69) is 42.1 Å². The fourth-order valence-electron chi connectivity index (χ4n) is 3.69. The van der Waals surface area contributed by atoms with Crippen molar-refractivity contribution in [1.29, 1.82) is 0 Å².